The molecule has 2 aromatic rings. The number of rotatable bonds is 5. The summed E-state index contributed by atoms with van der Waals surface area (Å²) in [6.45, 7) is 3.96. The molecule has 0 spiro atoms. The standard InChI is InChI=1S/C15H18FN5O3/c1-8(2)14-19-12(24-20-14)7-21(3)15(23)18-9-4-5-11(16)10(6-9)13(17)22/h4-6,8H,7H2,1-3H3,(H2,17,22)(H,18,23). The third kappa shape index (κ3) is 4.06. The first-order valence-corrected chi connectivity index (χ1v) is 7.22. The van der Waals surface area contributed by atoms with E-state index in [1.54, 1.807) is 0 Å². The normalized spacial score (nSPS) is 10.7. The van der Waals surface area contributed by atoms with Crippen molar-refractivity contribution in [2.45, 2.75) is 26.3 Å². The van der Waals surface area contributed by atoms with E-state index in [9.17, 15) is 14.0 Å². The van der Waals surface area contributed by atoms with Gasteiger partial charge in [0.05, 0.1) is 5.56 Å². The van der Waals surface area contributed by atoms with E-state index in [4.69, 9.17) is 10.3 Å². The van der Waals surface area contributed by atoms with Crippen molar-refractivity contribution >= 4 is 17.6 Å². The van der Waals surface area contributed by atoms with Crippen molar-refractivity contribution in [1.29, 1.82) is 0 Å². The van der Waals surface area contributed by atoms with Gasteiger partial charge in [-0.05, 0) is 18.2 Å². The minimum atomic E-state index is -0.913. The highest BCUT2D eigenvalue weighted by Gasteiger charge is 2.16. The van der Waals surface area contributed by atoms with Gasteiger partial charge in [-0.25, -0.2) is 9.18 Å². The van der Waals surface area contributed by atoms with Crippen LogP contribution in [0.25, 0.3) is 0 Å². The van der Waals surface area contributed by atoms with E-state index in [0.29, 0.717) is 11.7 Å². The van der Waals surface area contributed by atoms with Crippen molar-refractivity contribution in [2.75, 3.05) is 12.4 Å². The van der Waals surface area contributed by atoms with E-state index in [0.717, 1.165) is 6.07 Å². The average molecular weight is 335 g/mol. The lowest BCUT2D eigenvalue weighted by Gasteiger charge is -2.16. The largest absolute Gasteiger partial charge is 0.366 e. The second kappa shape index (κ2) is 7.07. The van der Waals surface area contributed by atoms with E-state index in [2.05, 4.69) is 15.5 Å². The van der Waals surface area contributed by atoms with Crippen molar-refractivity contribution in [3.63, 3.8) is 0 Å². The van der Waals surface area contributed by atoms with Gasteiger partial charge in [-0.2, -0.15) is 4.98 Å². The lowest BCUT2D eigenvalue weighted by molar-refractivity contribution is 0.0996. The van der Waals surface area contributed by atoms with E-state index in [1.807, 2.05) is 13.8 Å². The van der Waals surface area contributed by atoms with E-state index in [1.165, 1.54) is 24.1 Å². The molecule has 3 amide bonds. The molecular weight excluding hydrogens is 317 g/mol. The lowest BCUT2D eigenvalue weighted by Crippen LogP contribution is -2.31. The number of nitrogens with zero attached hydrogens (tertiary/aromatic N) is 3. The third-order valence-electron chi connectivity index (χ3n) is 3.20. The molecule has 0 atom stereocenters. The van der Waals surface area contributed by atoms with Crippen LogP contribution in [0.2, 0.25) is 0 Å². The summed E-state index contributed by atoms with van der Waals surface area (Å²) in [6, 6.07) is 3.08. The number of nitrogens with two attached hydrogens (primary N) is 1. The fourth-order valence-electron chi connectivity index (χ4n) is 1.85. The van der Waals surface area contributed by atoms with Gasteiger partial charge >= 0.3 is 6.03 Å². The van der Waals surface area contributed by atoms with Gasteiger partial charge in [-0.3, -0.25) is 4.79 Å². The summed E-state index contributed by atoms with van der Waals surface area (Å²) in [5, 5.41) is 6.35. The summed E-state index contributed by atoms with van der Waals surface area (Å²) in [6.07, 6.45) is 0. The molecule has 0 aliphatic carbocycles. The number of benzene rings is 1. The summed E-state index contributed by atoms with van der Waals surface area (Å²) < 4.78 is 18.5. The first-order valence-electron chi connectivity index (χ1n) is 7.22. The molecule has 24 heavy (non-hydrogen) atoms. The number of urea groups is 1. The molecular formula is C15H18FN5O3. The number of nitrogens with one attached hydrogen (secondary N) is 1. The molecule has 1 heterocycles. The molecule has 128 valence electrons. The fraction of sp³-hybridized carbons (Fsp3) is 0.333. The Labute approximate surface area is 137 Å². The lowest BCUT2D eigenvalue weighted by atomic mass is 10.2. The molecule has 8 nitrogen and oxygen atoms in total. The fourth-order valence-corrected chi connectivity index (χ4v) is 1.85. The van der Waals surface area contributed by atoms with Gasteiger partial charge in [0, 0.05) is 18.7 Å². The summed E-state index contributed by atoms with van der Waals surface area (Å²) in [5.41, 5.74) is 5.02. The Morgan fingerprint density at radius 3 is 2.71 bits per heavy atom. The van der Waals surface area contributed by atoms with Gasteiger partial charge in [0.15, 0.2) is 5.82 Å². The molecule has 0 radical (unpaired) electrons. The number of carbonyl (C=O) groups is 2. The van der Waals surface area contributed by atoms with E-state index < -0.39 is 17.8 Å². The monoisotopic (exact) mass is 335 g/mol. The Morgan fingerprint density at radius 2 is 2.12 bits per heavy atom. The molecule has 0 saturated heterocycles. The van der Waals surface area contributed by atoms with Crippen LogP contribution in [0.3, 0.4) is 0 Å². The minimum absolute atomic E-state index is 0.107. The Bertz CT molecular complexity index is 759. The first kappa shape index (κ1) is 17.4. The molecule has 0 aliphatic heterocycles. The van der Waals surface area contributed by atoms with Crippen LogP contribution in [-0.2, 0) is 6.54 Å². The van der Waals surface area contributed by atoms with Crippen molar-refractivity contribution in [1.82, 2.24) is 15.0 Å². The highest BCUT2D eigenvalue weighted by atomic mass is 19.1. The molecule has 3 N–H and O–H groups in total. The Morgan fingerprint density at radius 1 is 1.42 bits per heavy atom. The van der Waals surface area contributed by atoms with E-state index in [-0.39, 0.29) is 23.7 Å². The zero-order valence-electron chi connectivity index (χ0n) is 13.5. The summed E-state index contributed by atoms with van der Waals surface area (Å²) in [7, 11) is 1.53. The number of hydrogen-bond donors (Lipinski definition) is 2. The second-order valence-electron chi connectivity index (χ2n) is 5.55. The molecule has 0 fully saturated rings. The molecule has 2 rings (SSSR count). The summed E-state index contributed by atoms with van der Waals surface area (Å²) in [4.78, 5) is 28.8. The van der Waals surface area contributed by atoms with Gasteiger partial charge in [0.2, 0.25) is 5.89 Å². The van der Waals surface area contributed by atoms with Crippen LogP contribution in [0.4, 0.5) is 14.9 Å². The van der Waals surface area contributed by atoms with Crippen LogP contribution in [0, 0.1) is 5.82 Å². The van der Waals surface area contributed by atoms with Crippen LogP contribution in [0.5, 0.6) is 0 Å². The zero-order chi connectivity index (χ0) is 17.9. The number of halogens is 1. The van der Waals surface area contributed by atoms with E-state index >= 15 is 0 Å². The van der Waals surface area contributed by atoms with Crippen molar-refractivity contribution in [3.05, 3.63) is 41.3 Å². The van der Waals surface area contributed by atoms with Gasteiger partial charge in [-0.1, -0.05) is 19.0 Å². The van der Waals surface area contributed by atoms with Crippen LogP contribution < -0.4 is 11.1 Å². The zero-order valence-corrected chi connectivity index (χ0v) is 13.5. The maximum atomic E-state index is 13.4. The Balaban J connectivity index is 2.03. The number of carbonyl (C=O) groups excluding carboxylic acids is 2. The summed E-state index contributed by atoms with van der Waals surface area (Å²) >= 11 is 0. The third-order valence-corrected chi connectivity index (χ3v) is 3.20. The Hall–Kier alpha value is -2.97. The number of primary amides is 1. The van der Waals surface area contributed by atoms with Crippen LogP contribution in [-0.4, -0.2) is 34.0 Å². The number of aromatic nitrogens is 2. The molecule has 9 heteroatoms. The average Bonchev–Trinajstić information content (AvgIpc) is 2.97. The predicted octanol–water partition coefficient (Wildman–Crippen LogP) is 2.09. The molecule has 1 aromatic carbocycles. The predicted molar refractivity (Wildman–Crippen MR) is 83.8 cm³/mol. The highest BCUT2D eigenvalue weighted by Crippen LogP contribution is 2.15. The number of amides is 3. The van der Waals surface area contributed by atoms with Crippen molar-refractivity contribution in [2.24, 2.45) is 5.73 Å². The number of hydrogen-bond acceptors (Lipinski definition) is 5. The number of anilines is 1. The quantitative estimate of drug-likeness (QED) is 0.868. The van der Waals surface area contributed by atoms with Crippen LogP contribution in [0.15, 0.2) is 22.7 Å². The maximum Gasteiger partial charge on any atom is 0.322 e. The summed E-state index contributed by atoms with van der Waals surface area (Å²) in [5.74, 6) is -0.685. The molecule has 1 aromatic heterocycles. The first-order chi connectivity index (χ1) is 11.3. The minimum Gasteiger partial charge on any atom is -0.366 e. The molecule has 0 aliphatic rings. The smallest absolute Gasteiger partial charge is 0.322 e. The van der Waals surface area contributed by atoms with Crippen LogP contribution in [0.1, 0.15) is 41.8 Å². The van der Waals surface area contributed by atoms with Crippen LogP contribution >= 0.6 is 0 Å². The SMILES string of the molecule is CC(C)c1noc(CN(C)C(=O)Nc2ccc(F)c(C(N)=O)c2)n1. The Kier molecular flexibility index (Phi) is 5.12. The molecule has 0 bridgehead atoms. The highest BCUT2D eigenvalue weighted by molar-refractivity contribution is 5.96. The van der Waals surface area contributed by atoms with Gasteiger partial charge in [0.25, 0.3) is 5.91 Å². The topological polar surface area (TPSA) is 114 Å². The van der Waals surface area contributed by atoms with Gasteiger partial charge in [0.1, 0.15) is 12.4 Å². The van der Waals surface area contributed by atoms with Crippen molar-refractivity contribution in [3.8, 4) is 0 Å². The molecule has 0 saturated carbocycles. The van der Waals surface area contributed by atoms with Crippen molar-refractivity contribution < 1.29 is 18.5 Å². The second-order valence-corrected chi connectivity index (χ2v) is 5.55. The van der Waals surface area contributed by atoms with Gasteiger partial charge < -0.3 is 20.5 Å². The van der Waals surface area contributed by atoms with Gasteiger partial charge in [-0.15, -0.1) is 0 Å². The molecule has 0 unspecified atom stereocenters. The maximum absolute atomic E-state index is 13.4.